The first-order chi connectivity index (χ1) is 5.99. The first-order valence-electron chi connectivity index (χ1n) is 3.54. The number of aromatic nitrogens is 2. The molecule has 1 heterocycles. The molecule has 0 N–H and O–H groups in total. The van der Waals surface area contributed by atoms with Crippen LogP contribution in [0.4, 0.5) is 13.2 Å². The Morgan fingerprint density at radius 3 is 2.08 bits per heavy atom. The van der Waals surface area contributed by atoms with Crippen LogP contribution < -0.4 is 4.74 Å². The van der Waals surface area contributed by atoms with Crippen molar-refractivity contribution in [3.63, 3.8) is 0 Å². The molecule has 0 atom stereocenters. The van der Waals surface area contributed by atoms with Gasteiger partial charge >= 0.3 is 6.36 Å². The average Bonchev–Trinajstić information content (AvgIpc) is 2.38. The molecular formula is C6H9F3N2O2. The third-order valence-corrected chi connectivity index (χ3v) is 0.823. The first kappa shape index (κ1) is 11.7. The molecule has 0 saturated carbocycles. The van der Waals surface area contributed by atoms with E-state index < -0.39 is 12.2 Å². The van der Waals surface area contributed by atoms with Gasteiger partial charge in [-0.2, -0.15) is 0 Å². The van der Waals surface area contributed by atoms with Crippen molar-refractivity contribution in [1.82, 2.24) is 10.3 Å². The molecule has 0 saturated heterocycles. The summed E-state index contributed by atoms with van der Waals surface area (Å²) in [4.78, 5) is 0. The van der Waals surface area contributed by atoms with Crippen LogP contribution in [0, 0.1) is 6.92 Å². The van der Waals surface area contributed by atoms with E-state index in [9.17, 15) is 13.2 Å². The smallest absolute Gasteiger partial charge is 0.382 e. The van der Waals surface area contributed by atoms with Crippen LogP contribution in [-0.4, -0.2) is 16.7 Å². The Balaban J connectivity index is 0.000000671. The summed E-state index contributed by atoms with van der Waals surface area (Å²) in [5.41, 5.74) is -0.0395. The third kappa shape index (κ3) is 4.34. The van der Waals surface area contributed by atoms with Gasteiger partial charge in [0.05, 0.1) is 0 Å². The van der Waals surface area contributed by atoms with Crippen molar-refractivity contribution in [1.29, 1.82) is 0 Å². The molecule has 0 spiro atoms. The van der Waals surface area contributed by atoms with Gasteiger partial charge in [0.2, 0.25) is 0 Å². The van der Waals surface area contributed by atoms with E-state index >= 15 is 0 Å². The van der Waals surface area contributed by atoms with Gasteiger partial charge in [0.15, 0.2) is 0 Å². The zero-order valence-electron chi connectivity index (χ0n) is 7.34. The zero-order valence-corrected chi connectivity index (χ0v) is 7.34. The van der Waals surface area contributed by atoms with Crippen LogP contribution >= 0.6 is 0 Å². The summed E-state index contributed by atoms with van der Waals surface area (Å²) in [5, 5.41) is 5.96. The normalized spacial score (nSPS) is 10.3. The lowest BCUT2D eigenvalue weighted by molar-refractivity contribution is -0.276. The second-order valence-corrected chi connectivity index (χ2v) is 1.70. The molecule has 0 aliphatic rings. The molecule has 7 heteroatoms. The summed E-state index contributed by atoms with van der Waals surface area (Å²) in [7, 11) is 0. The predicted molar refractivity (Wildman–Crippen MR) is 37.1 cm³/mol. The van der Waals surface area contributed by atoms with E-state index in [1.807, 2.05) is 13.8 Å². The molecule has 1 aromatic heterocycles. The molecule has 1 rings (SSSR count). The molecule has 13 heavy (non-hydrogen) atoms. The Morgan fingerprint density at radius 2 is 1.77 bits per heavy atom. The summed E-state index contributed by atoms with van der Waals surface area (Å²) < 4.78 is 41.8. The van der Waals surface area contributed by atoms with Gasteiger partial charge in [-0.3, -0.25) is 0 Å². The van der Waals surface area contributed by atoms with Crippen molar-refractivity contribution < 1.29 is 22.5 Å². The number of ether oxygens (including phenoxy) is 1. The fourth-order valence-electron chi connectivity index (χ4n) is 0.426. The van der Waals surface area contributed by atoms with Crippen molar-refractivity contribution in [3.05, 3.63) is 5.69 Å². The first-order valence-corrected chi connectivity index (χ1v) is 3.54. The van der Waals surface area contributed by atoms with Crippen LogP contribution in [0.15, 0.2) is 4.63 Å². The summed E-state index contributed by atoms with van der Waals surface area (Å²) in [6.45, 7) is 5.29. The minimum atomic E-state index is -4.75. The highest BCUT2D eigenvalue weighted by Crippen LogP contribution is 2.22. The summed E-state index contributed by atoms with van der Waals surface area (Å²) in [6, 6.07) is 0. The maximum absolute atomic E-state index is 11.5. The Labute approximate surface area is 72.6 Å². The van der Waals surface area contributed by atoms with Crippen molar-refractivity contribution in [3.8, 4) is 5.88 Å². The minimum Gasteiger partial charge on any atom is -0.382 e. The standard InChI is InChI=1S/C4H3F3N2O2.C2H6/c1-2-3(9-11-8-2)10-4(5,6)7;1-2/h1H3;1-2H3. The number of halogens is 3. The molecule has 1 aromatic rings. The van der Waals surface area contributed by atoms with E-state index in [1.165, 1.54) is 6.92 Å². The average molecular weight is 198 g/mol. The second kappa shape index (κ2) is 4.68. The molecular weight excluding hydrogens is 189 g/mol. The van der Waals surface area contributed by atoms with Gasteiger partial charge in [0.25, 0.3) is 5.88 Å². The van der Waals surface area contributed by atoms with Crippen molar-refractivity contribution in [2.24, 2.45) is 0 Å². The fraction of sp³-hybridized carbons (Fsp3) is 0.667. The topological polar surface area (TPSA) is 48.2 Å². The Kier molecular flexibility index (Phi) is 4.22. The molecule has 0 aromatic carbocycles. The summed E-state index contributed by atoms with van der Waals surface area (Å²) >= 11 is 0. The quantitative estimate of drug-likeness (QED) is 0.694. The zero-order chi connectivity index (χ0) is 10.5. The predicted octanol–water partition coefficient (Wildman–Crippen LogP) is 2.30. The van der Waals surface area contributed by atoms with E-state index in [2.05, 4.69) is 19.7 Å². The monoisotopic (exact) mass is 198 g/mol. The molecule has 0 bridgehead atoms. The highest BCUT2D eigenvalue weighted by atomic mass is 19.4. The molecule has 76 valence electrons. The van der Waals surface area contributed by atoms with Crippen LogP contribution in [0.3, 0.4) is 0 Å². The third-order valence-electron chi connectivity index (χ3n) is 0.823. The van der Waals surface area contributed by atoms with Crippen LogP contribution in [0.1, 0.15) is 19.5 Å². The van der Waals surface area contributed by atoms with Crippen LogP contribution in [0.25, 0.3) is 0 Å². The molecule has 0 fully saturated rings. The maximum atomic E-state index is 11.5. The van der Waals surface area contributed by atoms with E-state index in [4.69, 9.17) is 0 Å². The van der Waals surface area contributed by atoms with Crippen molar-refractivity contribution in [2.45, 2.75) is 27.1 Å². The number of aryl methyl sites for hydroxylation is 1. The largest absolute Gasteiger partial charge is 0.574 e. The molecule has 0 radical (unpaired) electrons. The Bertz CT molecular complexity index is 246. The molecule has 4 nitrogen and oxygen atoms in total. The maximum Gasteiger partial charge on any atom is 0.574 e. The van der Waals surface area contributed by atoms with Gasteiger partial charge < -0.3 is 4.74 Å². The van der Waals surface area contributed by atoms with Crippen LogP contribution in [0.5, 0.6) is 5.88 Å². The Morgan fingerprint density at radius 1 is 1.23 bits per heavy atom. The van der Waals surface area contributed by atoms with Gasteiger partial charge in [-0.1, -0.05) is 19.0 Å². The van der Waals surface area contributed by atoms with Gasteiger partial charge in [0, 0.05) is 0 Å². The van der Waals surface area contributed by atoms with E-state index in [0.717, 1.165) is 0 Å². The van der Waals surface area contributed by atoms with Crippen LogP contribution in [-0.2, 0) is 0 Å². The number of nitrogens with zero attached hydrogens (tertiary/aromatic N) is 2. The second-order valence-electron chi connectivity index (χ2n) is 1.70. The summed E-state index contributed by atoms with van der Waals surface area (Å²) in [6.07, 6.45) is -4.75. The number of alkyl halides is 3. The highest BCUT2D eigenvalue weighted by Gasteiger charge is 2.33. The lowest BCUT2D eigenvalue weighted by Gasteiger charge is -2.03. The molecule has 0 unspecified atom stereocenters. The van der Waals surface area contributed by atoms with E-state index in [1.54, 1.807) is 0 Å². The van der Waals surface area contributed by atoms with Gasteiger partial charge in [0.1, 0.15) is 5.69 Å². The minimum absolute atomic E-state index is 0.0395. The van der Waals surface area contributed by atoms with E-state index in [0.29, 0.717) is 0 Å². The fourth-order valence-corrected chi connectivity index (χ4v) is 0.426. The van der Waals surface area contributed by atoms with Crippen molar-refractivity contribution in [2.75, 3.05) is 0 Å². The lowest BCUT2D eigenvalue weighted by atomic mass is 10.5. The Hall–Kier alpha value is -1.27. The lowest BCUT2D eigenvalue weighted by Crippen LogP contribution is -2.17. The van der Waals surface area contributed by atoms with Crippen LogP contribution in [0.2, 0.25) is 0 Å². The number of hydrogen-bond acceptors (Lipinski definition) is 4. The SMILES string of the molecule is CC.Cc1nonc1OC(F)(F)F. The van der Waals surface area contributed by atoms with Gasteiger partial charge in [-0.05, 0) is 12.1 Å². The number of hydrogen-bond donors (Lipinski definition) is 0. The number of rotatable bonds is 1. The van der Waals surface area contributed by atoms with Crippen molar-refractivity contribution >= 4 is 0 Å². The highest BCUT2D eigenvalue weighted by molar-refractivity contribution is 5.11. The van der Waals surface area contributed by atoms with Gasteiger partial charge in [-0.25, -0.2) is 4.63 Å². The molecule has 0 aliphatic carbocycles. The molecule has 0 amide bonds. The van der Waals surface area contributed by atoms with Gasteiger partial charge in [-0.15, -0.1) is 13.2 Å². The molecule has 0 aliphatic heterocycles. The summed E-state index contributed by atoms with van der Waals surface area (Å²) in [5.74, 6) is -0.655. The van der Waals surface area contributed by atoms with E-state index in [-0.39, 0.29) is 5.69 Å².